The van der Waals surface area contributed by atoms with Crippen molar-refractivity contribution in [2.75, 3.05) is 11.9 Å². The molecule has 2 fully saturated rings. The van der Waals surface area contributed by atoms with Crippen molar-refractivity contribution in [1.82, 2.24) is 4.90 Å². The maximum Gasteiger partial charge on any atom is 0.322 e. The molecule has 1 saturated carbocycles. The number of halogens is 2. The number of benzene rings is 1. The van der Waals surface area contributed by atoms with E-state index in [1.165, 1.54) is 18.9 Å². The van der Waals surface area contributed by atoms with E-state index in [2.05, 4.69) is 5.32 Å². The van der Waals surface area contributed by atoms with Gasteiger partial charge in [0.05, 0.1) is 0 Å². The number of nitrogens with one attached hydrogen (secondary N) is 1. The van der Waals surface area contributed by atoms with Gasteiger partial charge in [0.25, 0.3) is 0 Å². The molecule has 1 N–H and O–H groups in total. The second-order valence-electron chi connectivity index (χ2n) is 5.30. The maximum atomic E-state index is 13.1. The highest BCUT2D eigenvalue weighted by molar-refractivity contribution is 5.89. The highest BCUT2D eigenvalue weighted by Crippen LogP contribution is 2.37. The third-order valence-electron chi connectivity index (χ3n) is 4.19. The van der Waals surface area contributed by atoms with Crippen LogP contribution in [-0.2, 0) is 0 Å². The summed E-state index contributed by atoms with van der Waals surface area (Å²) in [7, 11) is 0. The monoisotopic (exact) mass is 266 g/mol. The molecular weight excluding hydrogens is 250 g/mol. The molecule has 0 bridgehead atoms. The summed E-state index contributed by atoms with van der Waals surface area (Å²) >= 11 is 0. The lowest BCUT2D eigenvalue weighted by Gasteiger charge is -2.24. The molecule has 102 valence electrons. The van der Waals surface area contributed by atoms with E-state index in [9.17, 15) is 13.6 Å². The second-order valence-corrected chi connectivity index (χ2v) is 5.30. The molecule has 1 heterocycles. The maximum absolute atomic E-state index is 13.1. The van der Waals surface area contributed by atoms with Crippen molar-refractivity contribution in [2.24, 2.45) is 5.92 Å². The molecule has 2 amide bonds. The Morgan fingerprint density at radius 3 is 2.84 bits per heavy atom. The van der Waals surface area contributed by atoms with Crippen molar-refractivity contribution in [3.8, 4) is 0 Å². The zero-order chi connectivity index (χ0) is 13.4. The van der Waals surface area contributed by atoms with Gasteiger partial charge in [-0.2, -0.15) is 0 Å². The topological polar surface area (TPSA) is 32.3 Å². The quantitative estimate of drug-likeness (QED) is 0.830. The van der Waals surface area contributed by atoms with Crippen molar-refractivity contribution >= 4 is 11.7 Å². The van der Waals surface area contributed by atoms with Gasteiger partial charge in [-0.3, -0.25) is 0 Å². The summed E-state index contributed by atoms with van der Waals surface area (Å²) in [6.45, 7) is 0.755. The zero-order valence-electron chi connectivity index (χ0n) is 10.5. The summed E-state index contributed by atoms with van der Waals surface area (Å²) in [6.07, 6.45) is 4.47. The number of nitrogens with zero attached hydrogens (tertiary/aromatic N) is 1. The normalized spacial score (nSPS) is 25.5. The molecule has 2 aliphatic rings. The molecule has 0 spiro atoms. The van der Waals surface area contributed by atoms with Gasteiger partial charge in [-0.25, -0.2) is 13.6 Å². The standard InChI is InChI=1S/C14H16F2N2O/c15-11-5-4-10(8-12(11)16)17-14(19)18-7-6-9-2-1-3-13(9)18/h4-5,8-9,13H,1-3,6-7H2,(H,17,19)/t9-,13+/m0/s1. The van der Waals surface area contributed by atoms with Gasteiger partial charge in [-0.05, 0) is 37.3 Å². The number of fused-ring (bicyclic) bond motifs is 1. The van der Waals surface area contributed by atoms with E-state index in [1.807, 2.05) is 4.90 Å². The Balaban J connectivity index is 1.69. The molecule has 19 heavy (non-hydrogen) atoms. The molecule has 2 atom stereocenters. The number of hydrogen-bond acceptors (Lipinski definition) is 1. The first-order chi connectivity index (χ1) is 9.15. The van der Waals surface area contributed by atoms with Crippen LogP contribution in [0, 0.1) is 17.6 Å². The smallest absolute Gasteiger partial charge is 0.321 e. The summed E-state index contributed by atoms with van der Waals surface area (Å²) in [5.41, 5.74) is 0.297. The van der Waals surface area contributed by atoms with Crippen LogP contribution in [0.5, 0.6) is 0 Å². The number of urea groups is 1. The molecule has 1 saturated heterocycles. The van der Waals surface area contributed by atoms with Crippen LogP contribution in [0.1, 0.15) is 25.7 Å². The van der Waals surface area contributed by atoms with E-state index in [1.54, 1.807) is 0 Å². The fraction of sp³-hybridized carbons (Fsp3) is 0.500. The number of anilines is 1. The minimum Gasteiger partial charge on any atom is -0.321 e. The van der Waals surface area contributed by atoms with Crippen LogP contribution < -0.4 is 5.32 Å². The lowest BCUT2D eigenvalue weighted by Crippen LogP contribution is -2.39. The lowest BCUT2D eigenvalue weighted by molar-refractivity contribution is 0.203. The highest BCUT2D eigenvalue weighted by Gasteiger charge is 2.39. The Labute approximate surface area is 110 Å². The fourth-order valence-electron chi connectivity index (χ4n) is 3.26. The number of amides is 2. The summed E-state index contributed by atoms with van der Waals surface area (Å²) in [4.78, 5) is 14.0. The molecule has 0 aromatic heterocycles. The Hall–Kier alpha value is -1.65. The average molecular weight is 266 g/mol. The van der Waals surface area contributed by atoms with Gasteiger partial charge in [0, 0.05) is 24.3 Å². The molecule has 1 aromatic carbocycles. The number of likely N-dealkylation sites (tertiary alicyclic amines) is 1. The Bertz CT molecular complexity index is 506. The van der Waals surface area contributed by atoms with Gasteiger partial charge in [0.15, 0.2) is 11.6 Å². The number of carbonyl (C=O) groups is 1. The van der Waals surface area contributed by atoms with Gasteiger partial charge < -0.3 is 10.2 Å². The first-order valence-electron chi connectivity index (χ1n) is 6.68. The molecular formula is C14H16F2N2O. The average Bonchev–Trinajstić information content (AvgIpc) is 2.95. The Morgan fingerprint density at radius 1 is 1.21 bits per heavy atom. The first-order valence-corrected chi connectivity index (χ1v) is 6.68. The zero-order valence-corrected chi connectivity index (χ0v) is 10.5. The summed E-state index contributed by atoms with van der Waals surface area (Å²) < 4.78 is 25.9. The van der Waals surface area contributed by atoms with Crippen molar-refractivity contribution in [2.45, 2.75) is 31.7 Å². The van der Waals surface area contributed by atoms with Crippen LogP contribution >= 0.6 is 0 Å². The van der Waals surface area contributed by atoms with Crippen molar-refractivity contribution in [3.63, 3.8) is 0 Å². The van der Waals surface area contributed by atoms with E-state index in [-0.39, 0.29) is 6.03 Å². The van der Waals surface area contributed by atoms with Crippen molar-refractivity contribution in [1.29, 1.82) is 0 Å². The van der Waals surface area contributed by atoms with Gasteiger partial charge >= 0.3 is 6.03 Å². The number of hydrogen-bond donors (Lipinski definition) is 1. The van der Waals surface area contributed by atoms with Gasteiger partial charge in [-0.15, -0.1) is 0 Å². The molecule has 0 radical (unpaired) electrons. The minimum atomic E-state index is -0.946. The van der Waals surface area contributed by atoms with E-state index >= 15 is 0 Å². The van der Waals surface area contributed by atoms with Gasteiger partial charge in [0.1, 0.15) is 0 Å². The number of carbonyl (C=O) groups excluding carboxylic acids is 1. The van der Waals surface area contributed by atoms with Gasteiger partial charge in [0.2, 0.25) is 0 Å². The summed E-state index contributed by atoms with van der Waals surface area (Å²) in [5, 5.41) is 2.64. The SMILES string of the molecule is O=C(Nc1ccc(F)c(F)c1)N1CC[C@@H]2CCC[C@H]21. The lowest BCUT2D eigenvalue weighted by atomic mass is 10.1. The van der Waals surface area contributed by atoms with E-state index in [4.69, 9.17) is 0 Å². The molecule has 1 aromatic rings. The number of rotatable bonds is 1. The van der Waals surface area contributed by atoms with Crippen LogP contribution in [0.25, 0.3) is 0 Å². The third-order valence-corrected chi connectivity index (χ3v) is 4.19. The molecule has 1 aliphatic carbocycles. The Morgan fingerprint density at radius 2 is 2.05 bits per heavy atom. The van der Waals surface area contributed by atoms with Crippen LogP contribution in [0.15, 0.2) is 18.2 Å². The van der Waals surface area contributed by atoms with Crippen LogP contribution in [-0.4, -0.2) is 23.5 Å². The first kappa shape index (κ1) is 12.4. The second kappa shape index (κ2) is 4.79. The Kier molecular flexibility index (Phi) is 3.12. The van der Waals surface area contributed by atoms with E-state index in [0.717, 1.165) is 31.5 Å². The predicted octanol–water partition coefficient (Wildman–Crippen LogP) is 3.37. The van der Waals surface area contributed by atoms with E-state index < -0.39 is 11.6 Å². The highest BCUT2D eigenvalue weighted by atomic mass is 19.2. The molecule has 3 nitrogen and oxygen atoms in total. The summed E-state index contributed by atoms with van der Waals surface area (Å²) in [6, 6.07) is 3.52. The summed E-state index contributed by atoms with van der Waals surface area (Å²) in [5.74, 6) is -1.23. The van der Waals surface area contributed by atoms with Crippen LogP contribution in [0.2, 0.25) is 0 Å². The third kappa shape index (κ3) is 2.29. The minimum absolute atomic E-state index is 0.208. The molecule has 0 unspecified atom stereocenters. The van der Waals surface area contributed by atoms with E-state index in [0.29, 0.717) is 17.6 Å². The largest absolute Gasteiger partial charge is 0.322 e. The fourth-order valence-corrected chi connectivity index (χ4v) is 3.26. The van der Waals surface area contributed by atoms with Crippen molar-refractivity contribution in [3.05, 3.63) is 29.8 Å². The van der Waals surface area contributed by atoms with Gasteiger partial charge in [-0.1, -0.05) is 6.42 Å². The predicted molar refractivity (Wildman–Crippen MR) is 67.8 cm³/mol. The molecule has 1 aliphatic heterocycles. The molecule has 3 rings (SSSR count). The van der Waals surface area contributed by atoms with Crippen LogP contribution in [0.4, 0.5) is 19.3 Å². The van der Waals surface area contributed by atoms with Crippen LogP contribution in [0.3, 0.4) is 0 Å². The van der Waals surface area contributed by atoms with Crippen molar-refractivity contribution < 1.29 is 13.6 Å². The molecule has 5 heteroatoms.